The highest BCUT2D eigenvalue weighted by molar-refractivity contribution is 5.43. The molecular weight excluding hydrogens is 257 g/mol. The van der Waals surface area contributed by atoms with Crippen molar-refractivity contribution in [3.8, 4) is 0 Å². The van der Waals surface area contributed by atoms with Gasteiger partial charge >= 0.3 is 0 Å². The van der Waals surface area contributed by atoms with Gasteiger partial charge in [-0.3, -0.25) is 0 Å². The van der Waals surface area contributed by atoms with Crippen molar-refractivity contribution in [2.45, 2.75) is 39.3 Å². The third kappa shape index (κ3) is 4.15. The van der Waals surface area contributed by atoms with E-state index in [-0.39, 0.29) is 11.4 Å². The molecule has 0 radical (unpaired) electrons. The fourth-order valence-corrected chi connectivity index (χ4v) is 2.15. The molecule has 112 valence electrons. The van der Waals surface area contributed by atoms with Gasteiger partial charge in [-0.25, -0.2) is 9.37 Å². The first kappa shape index (κ1) is 15.2. The van der Waals surface area contributed by atoms with Crippen LogP contribution in [0.2, 0.25) is 0 Å². The number of nitrogens with zero attached hydrogens (tertiary/aromatic N) is 2. The zero-order chi connectivity index (χ0) is 14.6. The van der Waals surface area contributed by atoms with Crippen LogP contribution in [0.25, 0.3) is 0 Å². The van der Waals surface area contributed by atoms with Gasteiger partial charge < -0.3 is 15.0 Å². The summed E-state index contributed by atoms with van der Waals surface area (Å²) in [5.41, 5.74) is 0.627. The second kappa shape index (κ2) is 6.50. The topological polar surface area (TPSA) is 37.4 Å². The van der Waals surface area contributed by atoms with Crippen molar-refractivity contribution >= 4 is 5.82 Å². The molecule has 4 nitrogen and oxygen atoms in total. The van der Waals surface area contributed by atoms with Crippen LogP contribution in [0.1, 0.15) is 32.8 Å². The maximum Gasteiger partial charge on any atom is 0.170 e. The van der Waals surface area contributed by atoms with E-state index in [1.54, 1.807) is 12.3 Å². The first-order valence-electron chi connectivity index (χ1n) is 7.18. The summed E-state index contributed by atoms with van der Waals surface area (Å²) < 4.78 is 20.0. The smallest absolute Gasteiger partial charge is 0.170 e. The lowest BCUT2D eigenvalue weighted by molar-refractivity contribution is 0.152. The Hall–Kier alpha value is -1.20. The molecule has 1 fully saturated rings. The van der Waals surface area contributed by atoms with Crippen LogP contribution in [0.3, 0.4) is 0 Å². The minimum absolute atomic E-state index is 0.0354. The molecule has 0 bridgehead atoms. The predicted molar refractivity (Wildman–Crippen MR) is 78.4 cm³/mol. The number of halogens is 1. The number of nitrogens with one attached hydrogen (secondary N) is 1. The van der Waals surface area contributed by atoms with Gasteiger partial charge in [0.2, 0.25) is 0 Å². The van der Waals surface area contributed by atoms with Crippen molar-refractivity contribution in [3.05, 3.63) is 23.6 Å². The van der Waals surface area contributed by atoms with Crippen molar-refractivity contribution in [2.24, 2.45) is 0 Å². The van der Waals surface area contributed by atoms with Crippen LogP contribution in [0.4, 0.5) is 10.2 Å². The second-order valence-electron chi connectivity index (χ2n) is 6.16. The van der Waals surface area contributed by atoms with Gasteiger partial charge in [-0.05, 0) is 33.3 Å². The molecule has 1 aromatic heterocycles. The van der Waals surface area contributed by atoms with E-state index in [4.69, 9.17) is 4.74 Å². The zero-order valence-corrected chi connectivity index (χ0v) is 12.6. The first-order valence-corrected chi connectivity index (χ1v) is 7.18. The molecule has 0 atom stereocenters. The van der Waals surface area contributed by atoms with Gasteiger partial charge in [0.05, 0.1) is 6.61 Å². The Bertz CT molecular complexity index is 437. The summed E-state index contributed by atoms with van der Waals surface area (Å²) in [4.78, 5) is 6.19. The van der Waals surface area contributed by atoms with E-state index in [0.717, 1.165) is 19.6 Å². The van der Waals surface area contributed by atoms with E-state index in [9.17, 15) is 4.39 Å². The highest BCUT2D eigenvalue weighted by atomic mass is 19.1. The summed E-state index contributed by atoms with van der Waals surface area (Å²) in [5, 5.41) is 3.31. The van der Waals surface area contributed by atoms with E-state index in [0.29, 0.717) is 31.1 Å². The molecule has 1 aromatic rings. The van der Waals surface area contributed by atoms with Crippen molar-refractivity contribution in [2.75, 3.05) is 31.2 Å². The van der Waals surface area contributed by atoms with E-state index >= 15 is 0 Å². The van der Waals surface area contributed by atoms with Crippen molar-refractivity contribution in [3.63, 3.8) is 0 Å². The molecule has 0 amide bonds. The molecule has 1 N–H and O–H groups in total. The first-order chi connectivity index (χ1) is 9.47. The van der Waals surface area contributed by atoms with Crippen LogP contribution < -0.4 is 10.2 Å². The molecule has 1 aliphatic rings. The summed E-state index contributed by atoms with van der Waals surface area (Å²) in [6.07, 6.45) is 2.59. The minimum Gasteiger partial charge on any atom is -0.380 e. The van der Waals surface area contributed by atoms with E-state index in [1.165, 1.54) is 0 Å². The van der Waals surface area contributed by atoms with Gasteiger partial charge in [-0.15, -0.1) is 0 Å². The van der Waals surface area contributed by atoms with Crippen LogP contribution in [0, 0.1) is 5.82 Å². The highest BCUT2D eigenvalue weighted by Crippen LogP contribution is 2.21. The summed E-state index contributed by atoms with van der Waals surface area (Å²) in [6.45, 7) is 9.57. The number of ether oxygens (including phenoxy) is 1. The maximum absolute atomic E-state index is 14.6. The summed E-state index contributed by atoms with van der Waals surface area (Å²) in [6, 6.07) is 1.74. The van der Waals surface area contributed by atoms with Crippen LogP contribution in [-0.4, -0.2) is 36.8 Å². The molecule has 0 spiro atoms. The fraction of sp³-hybridized carbons (Fsp3) is 0.667. The Morgan fingerprint density at radius 3 is 2.90 bits per heavy atom. The second-order valence-corrected chi connectivity index (χ2v) is 6.16. The molecule has 1 aliphatic heterocycles. The van der Waals surface area contributed by atoms with Crippen molar-refractivity contribution < 1.29 is 9.13 Å². The number of pyridine rings is 1. The Kier molecular flexibility index (Phi) is 4.94. The van der Waals surface area contributed by atoms with Gasteiger partial charge in [-0.1, -0.05) is 0 Å². The highest BCUT2D eigenvalue weighted by Gasteiger charge is 2.18. The average molecular weight is 281 g/mol. The summed E-state index contributed by atoms with van der Waals surface area (Å²) in [5.74, 6) is 0.231. The van der Waals surface area contributed by atoms with Crippen LogP contribution in [-0.2, 0) is 11.3 Å². The molecule has 2 heterocycles. The van der Waals surface area contributed by atoms with Gasteiger partial charge in [0.15, 0.2) is 11.6 Å². The zero-order valence-electron chi connectivity index (χ0n) is 12.6. The van der Waals surface area contributed by atoms with Crippen LogP contribution >= 0.6 is 0 Å². The van der Waals surface area contributed by atoms with E-state index in [2.05, 4.69) is 31.1 Å². The minimum atomic E-state index is -0.217. The van der Waals surface area contributed by atoms with Gasteiger partial charge in [0.25, 0.3) is 0 Å². The lowest BCUT2D eigenvalue weighted by atomic mass is 10.1. The largest absolute Gasteiger partial charge is 0.380 e. The number of hydrogen-bond acceptors (Lipinski definition) is 4. The Morgan fingerprint density at radius 2 is 2.15 bits per heavy atom. The van der Waals surface area contributed by atoms with E-state index < -0.39 is 0 Å². The Morgan fingerprint density at radius 1 is 1.35 bits per heavy atom. The third-order valence-corrected chi connectivity index (χ3v) is 3.28. The fourth-order valence-electron chi connectivity index (χ4n) is 2.15. The Balaban J connectivity index is 2.13. The average Bonchev–Trinajstić information content (AvgIpc) is 2.65. The monoisotopic (exact) mass is 281 g/mol. The predicted octanol–water partition coefficient (Wildman–Crippen LogP) is 2.34. The molecule has 1 saturated heterocycles. The molecule has 5 heteroatoms. The van der Waals surface area contributed by atoms with Crippen molar-refractivity contribution in [1.29, 1.82) is 0 Å². The molecule has 0 unspecified atom stereocenters. The molecule has 2 rings (SSSR count). The van der Waals surface area contributed by atoms with Crippen LogP contribution in [0.5, 0.6) is 0 Å². The molecule has 20 heavy (non-hydrogen) atoms. The maximum atomic E-state index is 14.6. The number of anilines is 1. The number of rotatable bonds is 3. The van der Waals surface area contributed by atoms with Crippen molar-refractivity contribution in [1.82, 2.24) is 10.3 Å². The standard InChI is InChI=1S/C15H24FN3O/c1-15(2,3)18-11-12-5-6-17-14(13(12)16)19-7-4-9-20-10-8-19/h5-6,18H,4,7-11H2,1-3H3. The molecule has 0 saturated carbocycles. The lowest BCUT2D eigenvalue weighted by Crippen LogP contribution is -2.35. The molecule has 0 aliphatic carbocycles. The summed E-state index contributed by atoms with van der Waals surface area (Å²) in [7, 11) is 0. The normalized spacial score (nSPS) is 17.1. The molecule has 0 aromatic carbocycles. The number of hydrogen-bond donors (Lipinski definition) is 1. The van der Waals surface area contributed by atoms with Gasteiger partial charge in [0, 0.05) is 43.5 Å². The van der Waals surface area contributed by atoms with E-state index in [1.807, 2.05) is 4.90 Å². The Labute approximate surface area is 120 Å². The quantitative estimate of drug-likeness (QED) is 0.923. The third-order valence-electron chi connectivity index (χ3n) is 3.28. The number of aromatic nitrogens is 1. The van der Waals surface area contributed by atoms with Gasteiger partial charge in [-0.2, -0.15) is 0 Å². The van der Waals surface area contributed by atoms with Gasteiger partial charge in [0.1, 0.15) is 0 Å². The lowest BCUT2D eigenvalue weighted by Gasteiger charge is -2.24. The molecular formula is C15H24FN3O. The summed E-state index contributed by atoms with van der Waals surface area (Å²) >= 11 is 0. The van der Waals surface area contributed by atoms with Crippen LogP contribution in [0.15, 0.2) is 12.3 Å². The SMILES string of the molecule is CC(C)(C)NCc1ccnc(N2CCCOCC2)c1F.